The van der Waals surface area contributed by atoms with E-state index < -0.39 is 15.3 Å². The number of fused-ring (bicyclic) bond motifs is 1. The van der Waals surface area contributed by atoms with Gasteiger partial charge in [0.15, 0.2) is 0 Å². The molecule has 0 unspecified atom stereocenters. The van der Waals surface area contributed by atoms with Crippen molar-refractivity contribution in [1.29, 1.82) is 0 Å². The number of aromatic nitrogens is 2. The number of carbonyl (C=O) groups is 1. The van der Waals surface area contributed by atoms with Crippen LogP contribution in [0.1, 0.15) is 28.9 Å². The van der Waals surface area contributed by atoms with Gasteiger partial charge < -0.3 is 4.90 Å². The third-order valence-corrected chi connectivity index (χ3v) is 8.04. The van der Waals surface area contributed by atoms with E-state index in [-0.39, 0.29) is 11.8 Å². The van der Waals surface area contributed by atoms with Gasteiger partial charge in [-0.05, 0) is 42.5 Å². The number of carbonyl (C=O) groups excluding carboxylic acids is 1. The van der Waals surface area contributed by atoms with Gasteiger partial charge in [-0.25, -0.2) is 8.42 Å². The first-order chi connectivity index (χ1) is 12.9. The summed E-state index contributed by atoms with van der Waals surface area (Å²) in [6.07, 6.45) is 2.67. The van der Waals surface area contributed by atoms with Gasteiger partial charge in [0.1, 0.15) is 5.69 Å². The molecule has 0 bridgehead atoms. The smallest absolute Gasteiger partial charge is 0.271 e. The number of rotatable bonds is 3. The maximum absolute atomic E-state index is 13.0. The molecule has 7 nitrogen and oxygen atoms in total. The molecule has 27 heavy (non-hydrogen) atoms. The molecule has 3 heterocycles. The van der Waals surface area contributed by atoms with Gasteiger partial charge in [-0.15, -0.1) is 0 Å². The van der Waals surface area contributed by atoms with Crippen molar-refractivity contribution in [2.24, 2.45) is 5.92 Å². The minimum atomic E-state index is -3.39. The lowest BCUT2D eigenvalue weighted by Gasteiger charge is -2.21. The molecule has 1 aromatic carbocycles. The number of hydrogen-bond acceptors (Lipinski definition) is 4. The van der Waals surface area contributed by atoms with E-state index in [1.165, 1.54) is 6.20 Å². The second-order valence-corrected chi connectivity index (χ2v) is 9.69. The molecule has 2 aliphatic rings. The highest BCUT2D eigenvalue weighted by Crippen LogP contribution is 2.35. The lowest BCUT2D eigenvalue weighted by Crippen LogP contribution is -2.34. The zero-order valence-corrected chi connectivity index (χ0v) is 16.3. The number of hydrogen-bond donors (Lipinski definition) is 1. The number of benzene rings is 1. The van der Waals surface area contributed by atoms with Gasteiger partial charge in [0.2, 0.25) is 10.0 Å². The van der Waals surface area contributed by atoms with E-state index in [4.69, 9.17) is 11.6 Å². The third kappa shape index (κ3) is 3.61. The summed E-state index contributed by atoms with van der Waals surface area (Å²) in [5.74, 6) is -0.0885. The highest BCUT2D eigenvalue weighted by atomic mass is 35.5. The van der Waals surface area contributed by atoms with E-state index in [9.17, 15) is 13.2 Å². The van der Waals surface area contributed by atoms with Gasteiger partial charge >= 0.3 is 0 Å². The Balaban J connectivity index is 1.47. The number of sulfonamides is 1. The molecular formula is C18H21ClN4O3S. The topological polar surface area (TPSA) is 86.4 Å². The molecule has 2 atom stereocenters. The van der Waals surface area contributed by atoms with Crippen LogP contribution in [0.4, 0.5) is 0 Å². The van der Waals surface area contributed by atoms with Crippen molar-refractivity contribution < 1.29 is 13.2 Å². The van der Waals surface area contributed by atoms with E-state index in [0.717, 1.165) is 5.56 Å². The average molecular weight is 409 g/mol. The van der Waals surface area contributed by atoms with E-state index in [1.54, 1.807) is 27.4 Å². The van der Waals surface area contributed by atoms with Crippen LogP contribution in [-0.2, 0) is 16.6 Å². The molecule has 1 amide bonds. The minimum Gasteiger partial charge on any atom is -0.337 e. The number of amides is 1. The highest BCUT2D eigenvalue weighted by molar-refractivity contribution is 7.90. The summed E-state index contributed by atoms with van der Waals surface area (Å²) in [6, 6.07) is 8.93. The van der Waals surface area contributed by atoms with Crippen molar-refractivity contribution >= 4 is 27.5 Å². The number of nitrogens with one attached hydrogen (secondary N) is 1. The molecule has 1 N–H and O–H groups in total. The molecule has 0 radical (unpaired) electrons. The standard InChI is InChI=1S/C18H21ClN4O3S/c19-15-3-1-2-13(10-15)11-23-12-14-5-8-22(9-6-17(14)27(23,25)26)18(24)16-4-7-20-21-16/h1-4,7,10,14,17H,5-6,8-9,11-12H2,(H,20,21)/t14-,17+/m0/s1. The normalized spacial score (nSPS) is 25.1. The lowest BCUT2D eigenvalue weighted by atomic mass is 10.0. The number of aromatic amines is 1. The summed E-state index contributed by atoms with van der Waals surface area (Å²) in [4.78, 5) is 14.2. The van der Waals surface area contributed by atoms with Crippen molar-refractivity contribution in [1.82, 2.24) is 19.4 Å². The maximum Gasteiger partial charge on any atom is 0.271 e. The largest absolute Gasteiger partial charge is 0.337 e. The molecule has 2 saturated heterocycles. The van der Waals surface area contributed by atoms with Crippen LogP contribution in [0.15, 0.2) is 36.5 Å². The predicted octanol–water partition coefficient (Wildman–Crippen LogP) is 2.13. The SMILES string of the molecule is O=C(c1ccn[nH]1)N1CC[C@H]2CN(Cc3cccc(Cl)c3)S(=O)(=O)[C@@H]2CC1. The van der Waals surface area contributed by atoms with Crippen LogP contribution in [0.2, 0.25) is 5.02 Å². The van der Waals surface area contributed by atoms with E-state index in [1.807, 2.05) is 12.1 Å². The van der Waals surface area contributed by atoms with Crippen LogP contribution in [0.3, 0.4) is 0 Å². The van der Waals surface area contributed by atoms with Gasteiger partial charge in [0.25, 0.3) is 5.91 Å². The van der Waals surface area contributed by atoms with E-state index in [2.05, 4.69) is 10.2 Å². The van der Waals surface area contributed by atoms with Crippen molar-refractivity contribution in [2.45, 2.75) is 24.6 Å². The summed E-state index contributed by atoms with van der Waals surface area (Å²) in [7, 11) is -3.39. The van der Waals surface area contributed by atoms with Crippen molar-refractivity contribution in [2.75, 3.05) is 19.6 Å². The summed E-state index contributed by atoms with van der Waals surface area (Å²) >= 11 is 6.02. The van der Waals surface area contributed by atoms with Gasteiger partial charge in [-0.2, -0.15) is 9.40 Å². The molecule has 0 spiro atoms. The first-order valence-corrected chi connectivity index (χ1v) is 10.9. The Hall–Kier alpha value is -1.90. The van der Waals surface area contributed by atoms with Crippen molar-refractivity contribution in [3.63, 3.8) is 0 Å². The highest BCUT2D eigenvalue weighted by Gasteiger charge is 2.47. The number of likely N-dealkylation sites (tertiary alicyclic amines) is 1. The second-order valence-electron chi connectivity index (χ2n) is 7.11. The van der Waals surface area contributed by atoms with E-state index >= 15 is 0 Å². The minimum absolute atomic E-state index is 0.0359. The quantitative estimate of drug-likeness (QED) is 0.842. The molecule has 0 aliphatic carbocycles. The molecule has 0 saturated carbocycles. The average Bonchev–Trinajstić information content (AvgIpc) is 3.17. The Morgan fingerprint density at radius 2 is 2.07 bits per heavy atom. The first kappa shape index (κ1) is 18.5. The molecule has 144 valence electrons. The number of H-pyrrole nitrogens is 1. The number of nitrogens with zero attached hydrogens (tertiary/aromatic N) is 3. The Kier molecular flexibility index (Phi) is 4.96. The van der Waals surface area contributed by atoms with Crippen molar-refractivity contribution in [3.8, 4) is 0 Å². The molecule has 2 aromatic rings. The van der Waals surface area contributed by atoms with Crippen LogP contribution in [0.25, 0.3) is 0 Å². The molecule has 1 aromatic heterocycles. The van der Waals surface area contributed by atoms with Crippen LogP contribution in [0, 0.1) is 5.92 Å². The zero-order valence-electron chi connectivity index (χ0n) is 14.7. The Morgan fingerprint density at radius 1 is 1.26 bits per heavy atom. The zero-order chi connectivity index (χ0) is 19.0. The molecular weight excluding hydrogens is 388 g/mol. The molecule has 9 heteroatoms. The number of halogens is 1. The van der Waals surface area contributed by atoms with Gasteiger partial charge in [0.05, 0.1) is 5.25 Å². The fourth-order valence-electron chi connectivity index (χ4n) is 4.04. The van der Waals surface area contributed by atoms with Gasteiger partial charge in [-0.1, -0.05) is 23.7 Å². The first-order valence-electron chi connectivity index (χ1n) is 8.97. The summed E-state index contributed by atoms with van der Waals surface area (Å²) in [5.41, 5.74) is 1.33. The third-order valence-electron chi connectivity index (χ3n) is 5.43. The monoisotopic (exact) mass is 408 g/mol. The van der Waals surface area contributed by atoms with Crippen LogP contribution >= 0.6 is 11.6 Å². The fourth-order valence-corrected chi connectivity index (χ4v) is 6.47. The fraction of sp³-hybridized carbons (Fsp3) is 0.444. The lowest BCUT2D eigenvalue weighted by molar-refractivity contribution is 0.0753. The summed E-state index contributed by atoms with van der Waals surface area (Å²) in [6.45, 7) is 1.82. The second kappa shape index (κ2) is 7.26. The van der Waals surface area contributed by atoms with Crippen LogP contribution in [-0.4, -0.2) is 58.6 Å². The van der Waals surface area contributed by atoms with Crippen LogP contribution in [0.5, 0.6) is 0 Å². The van der Waals surface area contributed by atoms with Gasteiger partial charge in [0, 0.05) is 37.4 Å². The maximum atomic E-state index is 13.0. The Labute approximate surface area is 163 Å². The Morgan fingerprint density at radius 3 is 2.81 bits per heavy atom. The van der Waals surface area contributed by atoms with Crippen LogP contribution < -0.4 is 0 Å². The predicted molar refractivity (Wildman–Crippen MR) is 102 cm³/mol. The van der Waals surface area contributed by atoms with Gasteiger partial charge in [-0.3, -0.25) is 9.89 Å². The molecule has 2 fully saturated rings. The summed E-state index contributed by atoms with van der Waals surface area (Å²) < 4.78 is 27.7. The Bertz CT molecular complexity index is 932. The summed E-state index contributed by atoms with van der Waals surface area (Å²) in [5, 5.41) is 6.66. The van der Waals surface area contributed by atoms with E-state index in [0.29, 0.717) is 49.7 Å². The molecule has 4 rings (SSSR count). The van der Waals surface area contributed by atoms with Crippen molar-refractivity contribution in [3.05, 3.63) is 52.8 Å². The molecule has 2 aliphatic heterocycles.